The van der Waals surface area contributed by atoms with Crippen LogP contribution in [0, 0.1) is 0 Å². The molecule has 1 aromatic carbocycles. The lowest BCUT2D eigenvalue weighted by Crippen LogP contribution is -2.41. The van der Waals surface area contributed by atoms with Gasteiger partial charge in [0, 0.05) is 45.1 Å². The van der Waals surface area contributed by atoms with Gasteiger partial charge in [-0.2, -0.15) is 0 Å². The zero-order chi connectivity index (χ0) is 19.6. The fourth-order valence-electron chi connectivity index (χ4n) is 3.79. The Morgan fingerprint density at radius 3 is 2.86 bits per heavy atom. The zero-order valence-corrected chi connectivity index (χ0v) is 17.3. The summed E-state index contributed by atoms with van der Waals surface area (Å²) in [4.78, 5) is 11.5. The average molecular weight is 383 g/mol. The third-order valence-electron chi connectivity index (χ3n) is 5.49. The third-order valence-corrected chi connectivity index (χ3v) is 5.49. The first-order valence-corrected chi connectivity index (χ1v) is 10.5. The van der Waals surface area contributed by atoms with Gasteiger partial charge in [0.2, 0.25) is 0 Å². The molecule has 1 saturated heterocycles. The van der Waals surface area contributed by atoms with Crippen LogP contribution in [0.15, 0.2) is 47.7 Å². The average Bonchev–Trinajstić information content (AvgIpc) is 3.16. The van der Waals surface area contributed by atoms with Crippen molar-refractivity contribution in [1.82, 2.24) is 25.1 Å². The molecule has 0 bridgehead atoms. The molecule has 0 radical (unpaired) electrons. The van der Waals surface area contributed by atoms with Gasteiger partial charge in [0.25, 0.3) is 0 Å². The van der Waals surface area contributed by atoms with Gasteiger partial charge in [-0.3, -0.25) is 4.99 Å². The summed E-state index contributed by atoms with van der Waals surface area (Å²) in [5.41, 5.74) is 1.27. The predicted molar refractivity (Wildman–Crippen MR) is 115 cm³/mol. The molecule has 1 aromatic heterocycles. The lowest BCUT2D eigenvalue weighted by Gasteiger charge is -2.33. The Bertz CT molecular complexity index is 724. The Morgan fingerprint density at radius 1 is 1.21 bits per heavy atom. The number of nitrogens with zero attached hydrogens (tertiary/aromatic N) is 4. The van der Waals surface area contributed by atoms with Crippen molar-refractivity contribution >= 4 is 5.96 Å². The van der Waals surface area contributed by atoms with E-state index in [1.807, 2.05) is 25.5 Å². The number of aromatic nitrogens is 2. The van der Waals surface area contributed by atoms with Crippen LogP contribution in [0.5, 0.6) is 0 Å². The Hall–Kier alpha value is -2.34. The Balaban J connectivity index is 1.40. The summed E-state index contributed by atoms with van der Waals surface area (Å²) in [5.74, 6) is 1.84. The van der Waals surface area contributed by atoms with E-state index in [2.05, 4.69) is 61.3 Å². The summed E-state index contributed by atoms with van der Waals surface area (Å²) in [7, 11) is 1.82. The molecule has 1 aliphatic rings. The summed E-state index contributed by atoms with van der Waals surface area (Å²) < 4.78 is 2.17. The van der Waals surface area contributed by atoms with E-state index in [1.54, 1.807) is 0 Å². The molecule has 2 N–H and O–H groups in total. The van der Waals surface area contributed by atoms with Gasteiger partial charge in [-0.15, -0.1) is 0 Å². The van der Waals surface area contributed by atoms with Crippen LogP contribution in [-0.4, -0.2) is 53.1 Å². The summed E-state index contributed by atoms with van der Waals surface area (Å²) in [6, 6.07) is 11.2. The second kappa shape index (κ2) is 10.9. The van der Waals surface area contributed by atoms with Gasteiger partial charge in [-0.25, -0.2) is 4.98 Å². The molecular weight excluding hydrogens is 348 g/mol. The first-order chi connectivity index (χ1) is 13.8. The zero-order valence-electron chi connectivity index (χ0n) is 17.3. The van der Waals surface area contributed by atoms with E-state index in [4.69, 9.17) is 0 Å². The fraction of sp³-hybridized carbons (Fsp3) is 0.545. The molecule has 0 aliphatic carbocycles. The topological polar surface area (TPSA) is 57.5 Å². The van der Waals surface area contributed by atoms with Crippen LogP contribution >= 0.6 is 0 Å². The molecule has 28 heavy (non-hydrogen) atoms. The van der Waals surface area contributed by atoms with Crippen molar-refractivity contribution in [3.05, 3.63) is 54.1 Å². The minimum absolute atomic E-state index is 0.655. The lowest BCUT2D eigenvalue weighted by atomic mass is 10.0. The molecule has 3 rings (SSSR count). The first-order valence-electron chi connectivity index (χ1n) is 10.5. The summed E-state index contributed by atoms with van der Waals surface area (Å²) in [6.45, 7) is 7.18. The van der Waals surface area contributed by atoms with Gasteiger partial charge < -0.3 is 20.1 Å². The second-order valence-corrected chi connectivity index (χ2v) is 7.54. The number of benzene rings is 1. The van der Waals surface area contributed by atoms with Gasteiger partial charge >= 0.3 is 0 Å². The maximum atomic E-state index is 4.50. The Kier molecular flexibility index (Phi) is 7.91. The van der Waals surface area contributed by atoms with Crippen molar-refractivity contribution in [3.63, 3.8) is 0 Å². The van der Waals surface area contributed by atoms with Crippen LogP contribution in [-0.2, 0) is 13.1 Å². The van der Waals surface area contributed by atoms with Gasteiger partial charge in [0.05, 0.1) is 6.54 Å². The summed E-state index contributed by atoms with van der Waals surface area (Å²) in [5, 5.41) is 6.82. The maximum absolute atomic E-state index is 4.50. The molecule has 1 fully saturated rings. The Labute approximate surface area is 169 Å². The van der Waals surface area contributed by atoms with Crippen molar-refractivity contribution in [2.24, 2.45) is 4.99 Å². The highest BCUT2D eigenvalue weighted by molar-refractivity contribution is 5.79. The van der Waals surface area contributed by atoms with E-state index in [1.165, 1.54) is 31.4 Å². The number of hydrogen-bond acceptors (Lipinski definition) is 3. The Morgan fingerprint density at radius 2 is 2.07 bits per heavy atom. The van der Waals surface area contributed by atoms with Crippen LogP contribution in [0.4, 0.5) is 0 Å². The third kappa shape index (κ3) is 6.09. The highest BCUT2D eigenvalue weighted by Crippen LogP contribution is 2.16. The maximum Gasteiger partial charge on any atom is 0.191 e. The fourth-order valence-corrected chi connectivity index (χ4v) is 3.79. The molecule has 6 heteroatoms. The van der Waals surface area contributed by atoms with E-state index in [-0.39, 0.29) is 0 Å². The number of piperidine rings is 1. The summed E-state index contributed by atoms with van der Waals surface area (Å²) in [6.07, 6.45) is 9.08. The molecule has 6 nitrogen and oxygen atoms in total. The molecule has 152 valence electrons. The van der Waals surface area contributed by atoms with Crippen LogP contribution in [0.1, 0.15) is 44.0 Å². The molecule has 2 aromatic rings. The highest BCUT2D eigenvalue weighted by atomic mass is 15.2. The van der Waals surface area contributed by atoms with Gasteiger partial charge in [-0.1, -0.05) is 36.8 Å². The number of nitrogens with one attached hydrogen (secondary N) is 2. The minimum Gasteiger partial charge on any atom is -0.356 e. The smallest absolute Gasteiger partial charge is 0.191 e. The normalized spacial score (nSPS) is 18.2. The van der Waals surface area contributed by atoms with Gasteiger partial charge in [-0.05, 0) is 38.3 Å². The highest BCUT2D eigenvalue weighted by Gasteiger charge is 2.17. The van der Waals surface area contributed by atoms with Crippen molar-refractivity contribution in [3.8, 4) is 0 Å². The molecule has 0 saturated carbocycles. The van der Waals surface area contributed by atoms with Crippen molar-refractivity contribution in [2.45, 2.75) is 51.7 Å². The van der Waals surface area contributed by atoms with Crippen LogP contribution in [0.2, 0.25) is 0 Å². The van der Waals surface area contributed by atoms with Crippen LogP contribution < -0.4 is 10.6 Å². The second-order valence-electron chi connectivity index (χ2n) is 7.54. The SMILES string of the molecule is CN=C(NCCCN1CCCCC1C)NCc1nccn1Cc1ccccc1. The lowest BCUT2D eigenvalue weighted by molar-refractivity contribution is 0.159. The van der Waals surface area contributed by atoms with Crippen molar-refractivity contribution in [2.75, 3.05) is 26.7 Å². The quantitative estimate of drug-likeness (QED) is 0.419. The predicted octanol–water partition coefficient (Wildman–Crippen LogP) is 2.86. The molecular formula is C22H34N6. The van der Waals surface area contributed by atoms with Crippen molar-refractivity contribution in [1.29, 1.82) is 0 Å². The molecule has 1 atom stereocenters. The standard InChI is InChI=1S/C22H34N6/c1-19-9-6-7-14-27(19)15-8-12-25-22(23-2)26-17-21-24-13-16-28(21)18-20-10-4-3-5-11-20/h3-5,10-11,13,16,19H,6-9,12,14-15,17-18H2,1-2H3,(H2,23,25,26). The molecule has 2 heterocycles. The number of rotatable bonds is 8. The number of hydrogen-bond donors (Lipinski definition) is 2. The van der Waals surface area contributed by atoms with E-state index in [0.717, 1.165) is 43.9 Å². The van der Waals surface area contributed by atoms with Crippen molar-refractivity contribution < 1.29 is 0 Å². The van der Waals surface area contributed by atoms with E-state index < -0.39 is 0 Å². The number of aliphatic imine (C=N–C) groups is 1. The number of guanidine groups is 1. The number of likely N-dealkylation sites (tertiary alicyclic amines) is 1. The summed E-state index contributed by atoms with van der Waals surface area (Å²) >= 11 is 0. The van der Waals surface area contributed by atoms with Gasteiger partial charge in [0.1, 0.15) is 5.82 Å². The minimum atomic E-state index is 0.655. The van der Waals surface area contributed by atoms with E-state index in [0.29, 0.717) is 6.54 Å². The molecule has 0 spiro atoms. The largest absolute Gasteiger partial charge is 0.356 e. The van der Waals surface area contributed by atoms with Gasteiger partial charge in [0.15, 0.2) is 5.96 Å². The monoisotopic (exact) mass is 382 g/mol. The molecule has 1 unspecified atom stereocenters. The van der Waals surface area contributed by atoms with Crippen LogP contribution in [0.25, 0.3) is 0 Å². The first kappa shape index (κ1) is 20.4. The molecule has 1 aliphatic heterocycles. The molecule has 0 amide bonds. The van der Waals surface area contributed by atoms with E-state index in [9.17, 15) is 0 Å². The number of imidazole rings is 1. The van der Waals surface area contributed by atoms with Crippen LogP contribution in [0.3, 0.4) is 0 Å². The van der Waals surface area contributed by atoms with E-state index >= 15 is 0 Å².